The van der Waals surface area contributed by atoms with E-state index in [9.17, 15) is 5.11 Å². The summed E-state index contributed by atoms with van der Waals surface area (Å²) in [5.74, 6) is 1.00. The van der Waals surface area contributed by atoms with E-state index in [1.807, 2.05) is 23.9 Å². The van der Waals surface area contributed by atoms with Crippen LogP contribution in [0.4, 0.5) is 5.82 Å². The van der Waals surface area contributed by atoms with Crippen molar-refractivity contribution in [2.75, 3.05) is 24.2 Å². The van der Waals surface area contributed by atoms with Crippen LogP contribution in [0.2, 0.25) is 0 Å². The fraction of sp³-hybridized carbons (Fsp3) is 0.615. The first-order valence-electron chi connectivity index (χ1n) is 6.12. The van der Waals surface area contributed by atoms with Crippen molar-refractivity contribution in [2.45, 2.75) is 31.1 Å². The summed E-state index contributed by atoms with van der Waals surface area (Å²) in [6, 6.07) is 3.88. The van der Waals surface area contributed by atoms with Gasteiger partial charge < -0.3 is 10.0 Å². The molecule has 1 N–H and O–H groups in total. The highest BCUT2D eigenvalue weighted by molar-refractivity contribution is 7.99. The van der Waals surface area contributed by atoms with E-state index in [-0.39, 0.29) is 0 Å². The number of aliphatic hydroxyl groups excluding tert-OH is 1. The first-order valence-corrected chi connectivity index (χ1v) is 7.41. The van der Waals surface area contributed by atoms with E-state index in [1.165, 1.54) is 12.8 Å². The summed E-state index contributed by atoms with van der Waals surface area (Å²) >= 11 is 1.96. The van der Waals surface area contributed by atoms with E-state index in [1.54, 1.807) is 13.1 Å². The molecule has 1 aromatic heterocycles. The molecule has 3 nitrogen and oxygen atoms in total. The minimum absolute atomic E-state index is 0.416. The van der Waals surface area contributed by atoms with Gasteiger partial charge in [-0.05, 0) is 43.7 Å². The zero-order valence-electron chi connectivity index (χ0n) is 10.5. The number of nitrogens with zero attached hydrogens (tertiary/aromatic N) is 2. The Labute approximate surface area is 107 Å². The fourth-order valence-corrected chi connectivity index (χ4v) is 2.87. The van der Waals surface area contributed by atoms with Gasteiger partial charge in [-0.25, -0.2) is 4.98 Å². The van der Waals surface area contributed by atoms with Crippen LogP contribution in [0.25, 0.3) is 0 Å². The van der Waals surface area contributed by atoms with Crippen molar-refractivity contribution in [3.05, 3.63) is 23.9 Å². The molecular formula is C13H20N2OS. The Bertz CT molecular complexity index is 362. The number of piperidine rings is 1. The first-order chi connectivity index (χ1) is 8.20. The molecule has 0 bridgehead atoms. The molecule has 1 atom stereocenters. The third-order valence-electron chi connectivity index (χ3n) is 3.35. The summed E-state index contributed by atoms with van der Waals surface area (Å²) in [5, 5.41) is 10.4. The van der Waals surface area contributed by atoms with E-state index in [4.69, 9.17) is 0 Å². The van der Waals surface area contributed by atoms with Gasteiger partial charge in [0.1, 0.15) is 5.82 Å². The Balaban J connectivity index is 2.05. The molecule has 17 heavy (non-hydrogen) atoms. The van der Waals surface area contributed by atoms with Crippen LogP contribution in [0.5, 0.6) is 0 Å². The van der Waals surface area contributed by atoms with Gasteiger partial charge in [0.05, 0.1) is 6.10 Å². The van der Waals surface area contributed by atoms with Crippen LogP contribution >= 0.6 is 11.8 Å². The number of pyridine rings is 1. The summed E-state index contributed by atoms with van der Waals surface area (Å²) in [7, 11) is 0. The van der Waals surface area contributed by atoms with Gasteiger partial charge in [-0.15, -0.1) is 0 Å². The van der Waals surface area contributed by atoms with E-state index in [2.05, 4.69) is 16.1 Å². The van der Waals surface area contributed by atoms with Gasteiger partial charge >= 0.3 is 0 Å². The average Bonchev–Trinajstić information content (AvgIpc) is 2.39. The predicted octanol–water partition coefficient (Wildman–Crippen LogP) is 2.47. The maximum absolute atomic E-state index is 9.58. The van der Waals surface area contributed by atoms with E-state index < -0.39 is 6.10 Å². The van der Waals surface area contributed by atoms with Crippen molar-refractivity contribution in [1.82, 2.24) is 4.98 Å². The Morgan fingerprint density at radius 3 is 2.76 bits per heavy atom. The Morgan fingerprint density at radius 1 is 1.47 bits per heavy atom. The van der Waals surface area contributed by atoms with Crippen molar-refractivity contribution in [2.24, 2.45) is 0 Å². The van der Waals surface area contributed by atoms with E-state index >= 15 is 0 Å². The monoisotopic (exact) mass is 252 g/mol. The summed E-state index contributed by atoms with van der Waals surface area (Å²) in [4.78, 5) is 6.72. The number of anilines is 1. The zero-order valence-corrected chi connectivity index (χ0v) is 11.3. The highest BCUT2D eigenvalue weighted by Crippen LogP contribution is 2.25. The number of aromatic nitrogens is 1. The lowest BCUT2D eigenvalue weighted by atomic mass is 10.1. The Hall–Kier alpha value is -0.740. The first kappa shape index (κ1) is 12.7. The number of thioether (sulfide) groups is 1. The van der Waals surface area contributed by atoms with Gasteiger partial charge in [0.2, 0.25) is 0 Å². The standard InChI is InChI=1S/C13H20N2OS/c1-10(16)11-3-6-14-13(9-11)15-7-4-12(17-2)5-8-15/h3,6,9-10,12,16H,4-5,7-8H2,1-2H3/t10-/m1/s1. The second-order valence-electron chi connectivity index (χ2n) is 4.55. The smallest absolute Gasteiger partial charge is 0.128 e. The summed E-state index contributed by atoms with van der Waals surface area (Å²) < 4.78 is 0. The summed E-state index contributed by atoms with van der Waals surface area (Å²) in [5.41, 5.74) is 0.946. The maximum atomic E-state index is 9.58. The topological polar surface area (TPSA) is 36.4 Å². The minimum atomic E-state index is -0.416. The van der Waals surface area contributed by atoms with Crippen LogP contribution in [-0.2, 0) is 0 Å². The number of aliphatic hydroxyl groups is 1. The van der Waals surface area contributed by atoms with Gasteiger partial charge in [0.25, 0.3) is 0 Å². The maximum Gasteiger partial charge on any atom is 0.128 e. The molecule has 1 saturated heterocycles. The third-order valence-corrected chi connectivity index (χ3v) is 4.49. The molecule has 0 aliphatic carbocycles. The largest absolute Gasteiger partial charge is 0.389 e. The van der Waals surface area contributed by atoms with Crippen molar-refractivity contribution in [3.8, 4) is 0 Å². The number of rotatable bonds is 3. The van der Waals surface area contributed by atoms with Crippen LogP contribution in [0.15, 0.2) is 18.3 Å². The summed E-state index contributed by atoms with van der Waals surface area (Å²) in [6.45, 7) is 3.93. The van der Waals surface area contributed by atoms with Gasteiger partial charge in [-0.1, -0.05) is 0 Å². The lowest BCUT2D eigenvalue weighted by Crippen LogP contribution is -2.35. The highest BCUT2D eigenvalue weighted by atomic mass is 32.2. The van der Waals surface area contributed by atoms with Crippen LogP contribution in [-0.4, -0.2) is 34.7 Å². The quantitative estimate of drug-likeness (QED) is 0.896. The number of hydrogen-bond donors (Lipinski definition) is 1. The molecule has 2 heterocycles. The minimum Gasteiger partial charge on any atom is -0.389 e. The van der Waals surface area contributed by atoms with Gasteiger partial charge in [-0.3, -0.25) is 0 Å². The SMILES string of the molecule is CSC1CCN(c2cc([C@@H](C)O)ccn2)CC1. The molecule has 1 fully saturated rings. The molecule has 0 amide bonds. The third kappa shape index (κ3) is 3.13. The van der Waals surface area contributed by atoms with Crippen molar-refractivity contribution in [3.63, 3.8) is 0 Å². The molecule has 4 heteroatoms. The molecule has 0 aromatic carbocycles. The Morgan fingerprint density at radius 2 is 2.18 bits per heavy atom. The van der Waals surface area contributed by atoms with Crippen LogP contribution in [0.1, 0.15) is 31.4 Å². The van der Waals surface area contributed by atoms with Gasteiger partial charge in [0.15, 0.2) is 0 Å². The summed E-state index contributed by atoms with van der Waals surface area (Å²) in [6.07, 6.45) is 6.01. The lowest BCUT2D eigenvalue weighted by molar-refractivity contribution is 0.199. The molecule has 0 saturated carbocycles. The molecule has 0 spiro atoms. The zero-order chi connectivity index (χ0) is 12.3. The molecule has 94 valence electrons. The van der Waals surface area contributed by atoms with E-state index in [0.29, 0.717) is 0 Å². The van der Waals surface area contributed by atoms with Crippen molar-refractivity contribution in [1.29, 1.82) is 0 Å². The molecule has 2 rings (SSSR count). The molecule has 0 unspecified atom stereocenters. The van der Waals surface area contributed by atoms with Gasteiger partial charge in [-0.2, -0.15) is 11.8 Å². The number of hydrogen-bond acceptors (Lipinski definition) is 4. The van der Waals surface area contributed by atoms with Crippen LogP contribution in [0.3, 0.4) is 0 Å². The fourth-order valence-electron chi connectivity index (χ4n) is 2.19. The molecule has 0 radical (unpaired) electrons. The molecular weight excluding hydrogens is 232 g/mol. The lowest BCUT2D eigenvalue weighted by Gasteiger charge is -2.32. The van der Waals surface area contributed by atoms with Crippen LogP contribution in [0, 0.1) is 0 Å². The second-order valence-corrected chi connectivity index (χ2v) is 5.68. The molecule has 1 aliphatic heterocycles. The van der Waals surface area contributed by atoms with Crippen LogP contribution < -0.4 is 4.90 Å². The van der Waals surface area contributed by atoms with E-state index in [0.717, 1.165) is 29.7 Å². The molecule has 1 aliphatic rings. The highest BCUT2D eigenvalue weighted by Gasteiger charge is 2.19. The normalized spacial score (nSPS) is 19.4. The molecule has 1 aromatic rings. The Kier molecular flexibility index (Phi) is 4.29. The second kappa shape index (κ2) is 5.74. The van der Waals surface area contributed by atoms with Gasteiger partial charge in [0, 0.05) is 24.5 Å². The predicted molar refractivity (Wildman–Crippen MR) is 73.6 cm³/mol. The average molecular weight is 252 g/mol. The van der Waals surface area contributed by atoms with Crippen molar-refractivity contribution < 1.29 is 5.11 Å². The van der Waals surface area contributed by atoms with Crippen molar-refractivity contribution >= 4 is 17.6 Å².